The molecule has 0 aliphatic carbocycles. The van der Waals surface area contributed by atoms with Crippen molar-refractivity contribution in [3.8, 4) is 0 Å². The van der Waals surface area contributed by atoms with Crippen molar-refractivity contribution in [1.82, 2.24) is 10.3 Å². The average molecular weight is 394 g/mol. The molecule has 0 saturated heterocycles. The van der Waals surface area contributed by atoms with Gasteiger partial charge >= 0.3 is 11.8 Å². The van der Waals surface area contributed by atoms with E-state index in [1.165, 1.54) is 6.07 Å². The van der Waals surface area contributed by atoms with Crippen LogP contribution >= 0.6 is 0 Å². The van der Waals surface area contributed by atoms with E-state index in [9.17, 15) is 19.7 Å². The fourth-order valence-corrected chi connectivity index (χ4v) is 3.43. The molecule has 3 aromatic rings. The number of rotatable bonds is 5. The highest BCUT2D eigenvalue weighted by Gasteiger charge is 2.20. The molecule has 8 heteroatoms. The Morgan fingerprint density at radius 2 is 1.79 bits per heavy atom. The molecule has 8 nitrogen and oxygen atoms in total. The Morgan fingerprint density at radius 3 is 2.52 bits per heavy atom. The SMILES string of the molecule is Cc1ccc([N+](=O)[O-])c(C)c1NC(=O)C(=O)NCCc1c(C)[nH]c2ccccc12. The van der Waals surface area contributed by atoms with Gasteiger partial charge in [-0.2, -0.15) is 0 Å². The van der Waals surface area contributed by atoms with Gasteiger partial charge in [0.15, 0.2) is 0 Å². The molecule has 3 rings (SSSR count). The predicted octanol–water partition coefficient (Wildman–Crippen LogP) is 3.30. The number of amides is 2. The van der Waals surface area contributed by atoms with Crippen LogP contribution in [0.3, 0.4) is 0 Å². The van der Waals surface area contributed by atoms with Gasteiger partial charge < -0.3 is 15.6 Å². The quantitative estimate of drug-likeness (QED) is 0.350. The number of aromatic amines is 1. The molecular weight excluding hydrogens is 372 g/mol. The molecule has 1 heterocycles. The number of H-pyrrole nitrogens is 1. The summed E-state index contributed by atoms with van der Waals surface area (Å²) in [5.41, 5.74) is 4.27. The number of aromatic nitrogens is 1. The Morgan fingerprint density at radius 1 is 1.07 bits per heavy atom. The van der Waals surface area contributed by atoms with E-state index in [0.29, 0.717) is 24.1 Å². The van der Waals surface area contributed by atoms with Gasteiger partial charge in [0.1, 0.15) is 0 Å². The smallest absolute Gasteiger partial charge is 0.313 e. The Bertz CT molecular complexity index is 1120. The number of benzene rings is 2. The number of carbonyl (C=O) groups is 2. The monoisotopic (exact) mass is 394 g/mol. The molecule has 2 aromatic carbocycles. The fraction of sp³-hybridized carbons (Fsp3) is 0.238. The van der Waals surface area contributed by atoms with E-state index >= 15 is 0 Å². The predicted molar refractivity (Wildman–Crippen MR) is 111 cm³/mol. The van der Waals surface area contributed by atoms with Crippen molar-refractivity contribution in [3.63, 3.8) is 0 Å². The van der Waals surface area contributed by atoms with Gasteiger partial charge in [-0.1, -0.05) is 24.3 Å². The Labute approximate surface area is 167 Å². The molecule has 1 aromatic heterocycles. The van der Waals surface area contributed by atoms with Gasteiger partial charge in [0.05, 0.1) is 16.2 Å². The van der Waals surface area contributed by atoms with Crippen molar-refractivity contribution < 1.29 is 14.5 Å². The first-order valence-corrected chi connectivity index (χ1v) is 9.19. The molecule has 3 N–H and O–H groups in total. The number of hydrogen-bond acceptors (Lipinski definition) is 4. The van der Waals surface area contributed by atoms with E-state index in [-0.39, 0.29) is 11.4 Å². The number of para-hydroxylation sites is 1. The summed E-state index contributed by atoms with van der Waals surface area (Å²) in [5, 5.41) is 17.3. The first kappa shape index (κ1) is 20.1. The van der Waals surface area contributed by atoms with E-state index in [4.69, 9.17) is 0 Å². The largest absolute Gasteiger partial charge is 0.358 e. The van der Waals surface area contributed by atoms with E-state index in [2.05, 4.69) is 15.6 Å². The van der Waals surface area contributed by atoms with E-state index in [1.54, 1.807) is 19.9 Å². The number of fused-ring (bicyclic) bond motifs is 1. The third-order valence-corrected chi connectivity index (χ3v) is 4.97. The molecule has 0 unspecified atom stereocenters. The second kappa shape index (κ2) is 8.14. The minimum atomic E-state index is -0.854. The number of nitro groups is 1. The van der Waals surface area contributed by atoms with Gasteiger partial charge in [-0.15, -0.1) is 0 Å². The highest BCUT2D eigenvalue weighted by molar-refractivity contribution is 6.39. The van der Waals surface area contributed by atoms with Gasteiger partial charge in [0, 0.05) is 29.2 Å². The molecule has 29 heavy (non-hydrogen) atoms. The third kappa shape index (κ3) is 4.11. The minimum absolute atomic E-state index is 0.110. The van der Waals surface area contributed by atoms with Crippen LogP contribution in [-0.2, 0) is 16.0 Å². The van der Waals surface area contributed by atoms with Crippen molar-refractivity contribution in [2.45, 2.75) is 27.2 Å². The molecule has 150 valence electrons. The summed E-state index contributed by atoms with van der Waals surface area (Å²) in [7, 11) is 0. The summed E-state index contributed by atoms with van der Waals surface area (Å²) >= 11 is 0. The van der Waals surface area contributed by atoms with Gasteiger partial charge in [0.2, 0.25) is 0 Å². The van der Waals surface area contributed by atoms with Crippen LogP contribution in [0.25, 0.3) is 10.9 Å². The Balaban J connectivity index is 1.64. The lowest BCUT2D eigenvalue weighted by atomic mass is 10.1. The zero-order chi connectivity index (χ0) is 21.1. The Kier molecular flexibility index (Phi) is 5.63. The maximum absolute atomic E-state index is 12.3. The highest BCUT2D eigenvalue weighted by atomic mass is 16.6. The van der Waals surface area contributed by atoms with Crippen LogP contribution in [0.1, 0.15) is 22.4 Å². The van der Waals surface area contributed by atoms with Crippen LogP contribution in [0.4, 0.5) is 11.4 Å². The number of aryl methyl sites for hydroxylation is 2. The average Bonchev–Trinajstić information content (AvgIpc) is 3.00. The molecule has 0 radical (unpaired) electrons. The number of nitrogens with zero attached hydrogens (tertiary/aromatic N) is 1. The van der Waals surface area contributed by atoms with Crippen LogP contribution in [-0.4, -0.2) is 28.3 Å². The molecule has 0 bridgehead atoms. The first-order valence-electron chi connectivity index (χ1n) is 9.19. The molecule has 0 fully saturated rings. The normalized spacial score (nSPS) is 10.7. The van der Waals surface area contributed by atoms with Crippen molar-refractivity contribution in [2.75, 3.05) is 11.9 Å². The van der Waals surface area contributed by atoms with Gasteiger partial charge in [-0.05, 0) is 44.4 Å². The highest BCUT2D eigenvalue weighted by Crippen LogP contribution is 2.28. The number of nitro benzene ring substituents is 1. The van der Waals surface area contributed by atoms with Crippen molar-refractivity contribution in [2.24, 2.45) is 0 Å². The Hall–Kier alpha value is -3.68. The minimum Gasteiger partial charge on any atom is -0.358 e. The number of carbonyl (C=O) groups excluding carboxylic acids is 2. The van der Waals surface area contributed by atoms with E-state index < -0.39 is 16.7 Å². The van der Waals surface area contributed by atoms with Crippen LogP contribution in [0, 0.1) is 30.9 Å². The van der Waals surface area contributed by atoms with Gasteiger partial charge in [-0.3, -0.25) is 19.7 Å². The van der Waals surface area contributed by atoms with Crippen molar-refractivity contribution in [3.05, 3.63) is 68.9 Å². The van der Waals surface area contributed by atoms with Gasteiger partial charge in [-0.25, -0.2) is 0 Å². The zero-order valence-corrected chi connectivity index (χ0v) is 16.5. The molecule has 0 atom stereocenters. The lowest BCUT2D eigenvalue weighted by molar-refractivity contribution is -0.385. The van der Waals surface area contributed by atoms with E-state index in [0.717, 1.165) is 22.2 Å². The molecule has 0 saturated carbocycles. The summed E-state index contributed by atoms with van der Waals surface area (Å²) in [6, 6.07) is 10.8. The van der Waals surface area contributed by atoms with Crippen LogP contribution < -0.4 is 10.6 Å². The summed E-state index contributed by atoms with van der Waals surface area (Å²) in [6.07, 6.45) is 0.573. The lowest BCUT2D eigenvalue weighted by Gasteiger charge is -2.12. The first-order chi connectivity index (χ1) is 13.8. The lowest BCUT2D eigenvalue weighted by Crippen LogP contribution is -2.36. The second-order valence-corrected chi connectivity index (χ2v) is 6.89. The summed E-state index contributed by atoms with van der Waals surface area (Å²) in [5.74, 6) is -1.64. The fourth-order valence-electron chi connectivity index (χ4n) is 3.43. The van der Waals surface area contributed by atoms with Crippen molar-refractivity contribution >= 4 is 34.1 Å². The standard InChI is InChI=1S/C21H22N4O4/c1-12-8-9-18(25(28)29)13(2)19(12)24-21(27)20(26)22-11-10-15-14(3)23-17-7-5-4-6-16(15)17/h4-9,23H,10-11H2,1-3H3,(H,22,26)(H,24,27). The molecular formula is C21H22N4O4. The van der Waals surface area contributed by atoms with Gasteiger partial charge in [0.25, 0.3) is 5.69 Å². The molecule has 2 amide bonds. The molecule has 0 aliphatic rings. The summed E-state index contributed by atoms with van der Waals surface area (Å²) in [4.78, 5) is 38.3. The summed E-state index contributed by atoms with van der Waals surface area (Å²) < 4.78 is 0. The molecule has 0 aliphatic heterocycles. The van der Waals surface area contributed by atoms with Crippen LogP contribution in [0.15, 0.2) is 36.4 Å². The number of hydrogen-bond donors (Lipinski definition) is 3. The number of anilines is 1. The maximum Gasteiger partial charge on any atom is 0.313 e. The summed E-state index contributed by atoms with van der Waals surface area (Å²) in [6.45, 7) is 5.52. The topological polar surface area (TPSA) is 117 Å². The van der Waals surface area contributed by atoms with Crippen LogP contribution in [0.2, 0.25) is 0 Å². The second-order valence-electron chi connectivity index (χ2n) is 6.89. The molecule has 0 spiro atoms. The van der Waals surface area contributed by atoms with Crippen LogP contribution in [0.5, 0.6) is 0 Å². The van der Waals surface area contributed by atoms with Crippen molar-refractivity contribution in [1.29, 1.82) is 0 Å². The third-order valence-electron chi connectivity index (χ3n) is 4.97. The van der Waals surface area contributed by atoms with E-state index in [1.807, 2.05) is 31.2 Å². The number of nitrogens with one attached hydrogen (secondary N) is 3. The zero-order valence-electron chi connectivity index (χ0n) is 16.5. The maximum atomic E-state index is 12.3.